The van der Waals surface area contributed by atoms with Gasteiger partial charge in [-0.1, -0.05) is 47.5 Å². The Balaban J connectivity index is 1.30. The van der Waals surface area contributed by atoms with E-state index in [0.29, 0.717) is 35.7 Å². The van der Waals surface area contributed by atoms with Gasteiger partial charge in [0.25, 0.3) is 0 Å². The minimum absolute atomic E-state index is 0.140. The zero-order valence-electron chi connectivity index (χ0n) is 23.5. The van der Waals surface area contributed by atoms with E-state index in [-0.39, 0.29) is 18.0 Å². The van der Waals surface area contributed by atoms with Crippen LogP contribution in [0, 0.1) is 6.92 Å². The van der Waals surface area contributed by atoms with Gasteiger partial charge in [0.2, 0.25) is 10.0 Å². The lowest BCUT2D eigenvalue weighted by atomic mass is 10.0. The van der Waals surface area contributed by atoms with E-state index in [9.17, 15) is 21.6 Å². The normalized spacial score (nSPS) is 15.2. The zero-order valence-corrected chi connectivity index (χ0v) is 25.9. The number of aromatic nitrogens is 2. The minimum Gasteiger partial charge on any atom is -0.301 e. The van der Waals surface area contributed by atoms with Crippen molar-refractivity contribution in [1.29, 1.82) is 0 Å². The highest BCUT2D eigenvalue weighted by Crippen LogP contribution is 2.33. The van der Waals surface area contributed by atoms with Crippen LogP contribution in [0.4, 0.5) is 13.2 Å². The SMILES string of the molecule is Cc1cc(Cl)ccc1-c1ccc2nc(-c3ccc(Cl)cc3)c(CN3CCN(S(=O)(=O)c4cccc(C(F)(F)F)c4)CC3)n2c1. The summed E-state index contributed by atoms with van der Waals surface area (Å²) in [6.45, 7) is 3.54. The highest BCUT2D eigenvalue weighted by Gasteiger charge is 2.34. The predicted molar refractivity (Wildman–Crippen MR) is 166 cm³/mol. The number of alkyl halides is 3. The predicted octanol–water partition coefficient (Wildman–Crippen LogP) is 7.81. The summed E-state index contributed by atoms with van der Waals surface area (Å²) in [5.41, 5.74) is 5.43. The first kappa shape index (κ1) is 30.6. The Labute approximate surface area is 263 Å². The number of rotatable bonds is 6. The minimum atomic E-state index is -4.63. The molecule has 1 saturated heterocycles. The van der Waals surface area contributed by atoms with Gasteiger partial charge >= 0.3 is 6.18 Å². The van der Waals surface area contributed by atoms with Crippen LogP contribution in [0.25, 0.3) is 28.0 Å². The van der Waals surface area contributed by atoms with Crippen LogP contribution in [0.15, 0.2) is 90.0 Å². The van der Waals surface area contributed by atoms with Crippen molar-refractivity contribution in [1.82, 2.24) is 18.6 Å². The van der Waals surface area contributed by atoms with Gasteiger partial charge in [0, 0.05) is 54.5 Å². The first-order valence-corrected chi connectivity index (χ1v) is 16.0. The van der Waals surface area contributed by atoms with Gasteiger partial charge in [-0.25, -0.2) is 13.4 Å². The number of pyridine rings is 1. The second-order valence-electron chi connectivity index (χ2n) is 10.7. The van der Waals surface area contributed by atoms with Gasteiger partial charge in [-0.15, -0.1) is 0 Å². The van der Waals surface area contributed by atoms with Crippen molar-refractivity contribution < 1.29 is 21.6 Å². The molecule has 1 aliphatic rings. The van der Waals surface area contributed by atoms with Gasteiger partial charge < -0.3 is 4.40 Å². The molecule has 3 aromatic carbocycles. The molecule has 0 atom stereocenters. The first-order valence-electron chi connectivity index (χ1n) is 13.8. The fourth-order valence-electron chi connectivity index (χ4n) is 5.52. The molecule has 44 heavy (non-hydrogen) atoms. The summed E-state index contributed by atoms with van der Waals surface area (Å²) in [5, 5.41) is 1.27. The maximum atomic E-state index is 13.3. The molecule has 5 aromatic rings. The topological polar surface area (TPSA) is 57.9 Å². The summed E-state index contributed by atoms with van der Waals surface area (Å²) in [5.74, 6) is 0. The Morgan fingerprint density at radius 3 is 2.20 bits per heavy atom. The summed E-state index contributed by atoms with van der Waals surface area (Å²) >= 11 is 12.4. The number of hydrogen-bond donors (Lipinski definition) is 0. The molecule has 6 nitrogen and oxygen atoms in total. The number of benzene rings is 3. The van der Waals surface area contributed by atoms with E-state index in [2.05, 4.69) is 9.30 Å². The van der Waals surface area contributed by atoms with Crippen LogP contribution in [-0.4, -0.2) is 53.2 Å². The third kappa shape index (κ3) is 6.09. The molecule has 0 unspecified atom stereocenters. The number of hydrogen-bond acceptors (Lipinski definition) is 4. The Bertz CT molecular complexity index is 1950. The molecule has 6 rings (SSSR count). The van der Waals surface area contributed by atoms with Crippen molar-refractivity contribution in [3.63, 3.8) is 0 Å². The third-order valence-corrected chi connectivity index (χ3v) is 10.2. The lowest BCUT2D eigenvalue weighted by Crippen LogP contribution is -2.48. The third-order valence-electron chi connectivity index (χ3n) is 7.84. The summed E-state index contributed by atoms with van der Waals surface area (Å²) in [4.78, 5) is 6.71. The van der Waals surface area contributed by atoms with Gasteiger partial charge in [-0.3, -0.25) is 4.90 Å². The van der Waals surface area contributed by atoms with Crippen LogP contribution < -0.4 is 0 Å². The number of sulfonamides is 1. The fraction of sp³-hybridized carbons (Fsp3) is 0.219. The summed E-state index contributed by atoms with van der Waals surface area (Å²) < 4.78 is 69.5. The molecule has 0 bridgehead atoms. The van der Waals surface area contributed by atoms with E-state index in [1.165, 1.54) is 10.4 Å². The van der Waals surface area contributed by atoms with Crippen molar-refractivity contribution >= 4 is 38.9 Å². The van der Waals surface area contributed by atoms with Gasteiger partial charge in [-0.2, -0.15) is 17.5 Å². The fourth-order valence-corrected chi connectivity index (χ4v) is 7.34. The molecule has 2 aromatic heterocycles. The van der Waals surface area contributed by atoms with Crippen molar-refractivity contribution in [2.45, 2.75) is 24.5 Å². The standard InChI is InChI=1S/C32H27Cl2F3N4O2S/c1-21-17-26(34)10-11-28(21)23-7-12-30-38-31(22-5-8-25(33)9-6-22)29(41(30)19-23)20-39-13-15-40(16-14-39)44(42,43)27-4-2-3-24(18-27)32(35,36)37/h2-12,17-19H,13-16,20H2,1H3. The number of halogens is 5. The number of fused-ring (bicyclic) bond motifs is 1. The van der Waals surface area contributed by atoms with Crippen molar-refractivity contribution in [3.05, 3.63) is 112 Å². The molecule has 1 fully saturated rings. The molecule has 228 valence electrons. The number of aryl methyl sites for hydroxylation is 1. The second kappa shape index (κ2) is 11.8. The molecule has 0 saturated carbocycles. The maximum absolute atomic E-state index is 13.3. The average molecular weight is 660 g/mol. The smallest absolute Gasteiger partial charge is 0.301 e. The number of piperazine rings is 1. The van der Waals surface area contributed by atoms with E-state index >= 15 is 0 Å². The van der Waals surface area contributed by atoms with Crippen LogP contribution in [0.5, 0.6) is 0 Å². The molecule has 0 spiro atoms. The van der Waals surface area contributed by atoms with Crippen LogP contribution in [0.3, 0.4) is 0 Å². The zero-order chi connectivity index (χ0) is 31.2. The molecule has 3 heterocycles. The lowest BCUT2D eigenvalue weighted by Gasteiger charge is -2.34. The largest absolute Gasteiger partial charge is 0.416 e. The summed E-state index contributed by atoms with van der Waals surface area (Å²) in [6.07, 6.45) is -2.59. The monoisotopic (exact) mass is 658 g/mol. The molecule has 1 aliphatic heterocycles. The van der Waals surface area contributed by atoms with Crippen LogP contribution >= 0.6 is 23.2 Å². The Morgan fingerprint density at radius 2 is 1.52 bits per heavy atom. The second-order valence-corrected chi connectivity index (χ2v) is 13.5. The lowest BCUT2D eigenvalue weighted by molar-refractivity contribution is -0.137. The molecule has 0 aliphatic carbocycles. The van der Waals surface area contributed by atoms with Crippen LogP contribution in [0.1, 0.15) is 16.8 Å². The first-order chi connectivity index (χ1) is 20.9. The molecule has 0 amide bonds. The molecule has 12 heteroatoms. The van der Waals surface area contributed by atoms with Crippen molar-refractivity contribution in [3.8, 4) is 22.4 Å². The summed E-state index contributed by atoms with van der Waals surface area (Å²) in [7, 11) is -4.10. The molecular weight excluding hydrogens is 632 g/mol. The number of imidazole rings is 1. The Hall–Kier alpha value is -3.41. The van der Waals surface area contributed by atoms with Crippen molar-refractivity contribution in [2.24, 2.45) is 0 Å². The van der Waals surface area contributed by atoms with E-state index in [1.54, 1.807) is 0 Å². The van der Waals surface area contributed by atoms with E-state index < -0.39 is 21.8 Å². The average Bonchev–Trinajstić information content (AvgIpc) is 3.35. The van der Waals surface area contributed by atoms with Gasteiger partial charge in [-0.05, 0) is 78.2 Å². The molecular formula is C32H27Cl2F3N4O2S. The Morgan fingerprint density at radius 1 is 0.841 bits per heavy atom. The van der Waals surface area contributed by atoms with E-state index in [4.69, 9.17) is 28.2 Å². The number of nitrogens with zero attached hydrogens (tertiary/aromatic N) is 4. The molecule has 0 radical (unpaired) electrons. The van der Waals surface area contributed by atoms with Crippen LogP contribution in [0.2, 0.25) is 10.0 Å². The highest BCUT2D eigenvalue weighted by atomic mass is 35.5. The van der Waals surface area contributed by atoms with E-state index in [1.807, 2.05) is 67.7 Å². The summed E-state index contributed by atoms with van der Waals surface area (Å²) in [6, 6.07) is 21.1. The Kier molecular flexibility index (Phi) is 8.23. The van der Waals surface area contributed by atoms with Gasteiger partial charge in [0.1, 0.15) is 5.65 Å². The molecule has 0 N–H and O–H groups in total. The maximum Gasteiger partial charge on any atom is 0.416 e. The quantitative estimate of drug-likeness (QED) is 0.187. The van der Waals surface area contributed by atoms with E-state index in [0.717, 1.165) is 51.4 Å². The van der Waals surface area contributed by atoms with Gasteiger partial charge in [0.05, 0.1) is 21.8 Å². The van der Waals surface area contributed by atoms with Crippen LogP contribution in [-0.2, 0) is 22.7 Å². The van der Waals surface area contributed by atoms with Gasteiger partial charge in [0.15, 0.2) is 0 Å². The highest BCUT2D eigenvalue weighted by molar-refractivity contribution is 7.89. The van der Waals surface area contributed by atoms with Crippen molar-refractivity contribution in [2.75, 3.05) is 26.2 Å².